The summed E-state index contributed by atoms with van der Waals surface area (Å²) in [6.07, 6.45) is -1.18. The third-order valence-electron chi connectivity index (χ3n) is 3.91. The Morgan fingerprint density at radius 1 is 1.43 bits per heavy atom. The number of aromatic nitrogens is 2. The molecule has 4 N–H and O–H groups in total. The summed E-state index contributed by atoms with van der Waals surface area (Å²) >= 11 is 0. The van der Waals surface area contributed by atoms with Gasteiger partial charge in [-0.1, -0.05) is 0 Å². The molecule has 1 atom stereocenters. The number of hydrogen-bond donors (Lipinski definition) is 2. The monoisotopic (exact) mass is 326 g/mol. The van der Waals surface area contributed by atoms with Gasteiger partial charge in [-0.25, -0.2) is 9.78 Å². The molecular formula is C14H15F3N5O. The number of amides is 1. The second-order valence-corrected chi connectivity index (χ2v) is 5.55. The Morgan fingerprint density at radius 2 is 2.17 bits per heavy atom. The molecule has 3 rings (SSSR count). The zero-order valence-corrected chi connectivity index (χ0v) is 12.1. The maximum atomic E-state index is 13.4. The molecule has 3 heterocycles. The van der Waals surface area contributed by atoms with Crippen LogP contribution in [0.2, 0.25) is 0 Å². The third kappa shape index (κ3) is 2.72. The van der Waals surface area contributed by atoms with Crippen LogP contribution in [0.25, 0.3) is 11.0 Å². The maximum Gasteiger partial charge on any atom is 0.419 e. The topological polar surface area (TPSA) is 90.2 Å². The number of piperidine rings is 1. The van der Waals surface area contributed by atoms with E-state index in [-0.39, 0.29) is 22.8 Å². The first kappa shape index (κ1) is 15.6. The van der Waals surface area contributed by atoms with Crippen LogP contribution in [0.3, 0.4) is 0 Å². The first-order valence-electron chi connectivity index (χ1n) is 7.08. The molecule has 1 saturated heterocycles. The predicted octanol–water partition coefficient (Wildman–Crippen LogP) is 1.71. The lowest BCUT2D eigenvalue weighted by molar-refractivity contribution is -0.137. The zero-order chi connectivity index (χ0) is 16.8. The number of carbonyl (C=O) groups excluding carboxylic acids is 1. The molecule has 0 spiro atoms. The number of carbonyl (C=O) groups is 1. The van der Waals surface area contributed by atoms with Gasteiger partial charge < -0.3 is 16.4 Å². The SMILES string of the molecule is NC(=O)n1c[c]c2c(N3CCC[C@@H](N)C3)c(C(F)(F)F)cnc21. The van der Waals surface area contributed by atoms with E-state index in [4.69, 9.17) is 11.5 Å². The van der Waals surface area contributed by atoms with Gasteiger partial charge in [0.05, 0.1) is 16.6 Å². The second kappa shape index (κ2) is 5.41. The van der Waals surface area contributed by atoms with Gasteiger partial charge in [-0.2, -0.15) is 13.2 Å². The predicted molar refractivity (Wildman–Crippen MR) is 78.0 cm³/mol. The lowest BCUT2D eigenvalue weighted by Gasteiger charge is -2.34. The van der Waals surface area contributed by atoms with Gasteiger partial charge in [0.1, 0.15) is 0 Å². The molecule has 2 aromatic rings. The van der Waals surface area contributed by atoms with Crippen molar-refractivity contribution in [3.05, 3.63) is 24.0 Å². The highest BCUT2D eigenvalue weighted by Crippen LogP contribution is 2.40. The average Bonchev–Trinajstić information content (AvgIpc) is 2.89. The van der Waals surface area contributed by atoms with Gasteiger partial charge in [-0.3, -0.25) is 4.57 Å². The van der Waals surface area contributed by atoms with Crippen molar-refractivity contribution in [2.45, 2.75) is 25.1 Å². The minimum absolute atomic E-state index is 0.0438. The van der Waals surface area contributed by atoms with Crippen LogP contribution in [0.4, 0.5) is 23.7 Å². The molecule has 1 radical (unpaired) electrons. The number of hydrogen-bond acceptors (Lipinski definition) is 4. The first-order chi connectivity index (χ1) is 10.8. The second-order valence-electron chi connectivity index (χ2n) is 5.55. The molecule has 0 bridgehead atoms. The largest absolute Gasteiger partial charge is 0.419 e. The Balaban J connectivity index is 2.23. The Labute approximate surface area is 129 Å². The van der Waals surface area contributed by atoms with Crippen LogP contribution >= 0.6 is 0 Å². The highest BCUT2D eigenvalue weighted by Gasteiger charge is 2.37. The van der Waals surface area contributed by atoms with Crippen molar-refractivity contribution in [2.75, 3.05) is 18.0 Å². The van der Waals surface area contributed by atoms with Crippen LogP contribution in [-0.2, 0) is 6.18 Å². The average molecular weight is 326 g/mol. The van der Waals surface area contributed by atoms with E-state index in [2.05, 4.69) is 11.1 Å². The molecule has 0 aromatic carbocycles. The van der Waals surface area contributed by atoms with E-state index in [9.17, 15) is 18.0 Å². The number of anilines is 1. The highest BCUT2D eigenvalue weighted by atomic mass is 19.4. The van der Waals surface area contributed by atoms with E-state index < -0.39 is 17.8 Å². The van der Waals surface area contributed by atoms with Gasteiger partial charge >= 0.3 is 12.2 Å². The molecule has 1 aliphatic rings. The van der Waals surface area contributed by atoms with E-state index in [1.54, 1.807) is 4.90 Å². The standard InChI is InChI=1S/C14H15F3N5O/c15-14(16,17)10-6-20-12-9(3-5-22(12)13(19)23)11(10)21-4-1-2-8(18)7-21/h5-6,8H,1-2,4,7,18H2,(H2,19,23)/t8-/m1/s1. The smallest absolute Gasteiger partial charge is 0.369 e. The lowest BCUT2D eigenvalue weighted by Crippen LogP contribution is -2.43. The summed E-state index contributed by atoms with van der Waals surface area (Å²) in [6.45, 7) is 0.753. The van der Waals surface area contributed by atoms with Crippen molar-refractivity contribution in [1.29, 1.82) is 0 Å². The lowest BCUT2D eigenvalue weighted by atomic mass is 10.0. The van der Waals surface area contributed by atoms with Crippen molar-refractivity contribution in [3.8, 4) is 0 Å². The van der Waals surface area contributed by atoms with E-state index in [0.717, 1.165) is 17.2 Å². The molecule has 0 unspecified atom stereocenters. The van der Waals surface area contributed by atoms with Crippen molar-refractivity contribution >= 4 is 22.8 Å². The highest BCUT2D eigenvalue weighted by molar-refractivity contribution is 5.96. The number of pyridine rings is 1. The quantitative estimate of drug-likeness (QED) is 0.835. The Hall–Kier alpha value is -2.29. The Morgan fingerprint density at radius 3 is 2.78 bits per heavy atom. The maximum absolute atomic E-state index is 13.4. The minimum atomic E-state index is -4.57. The number of fused-ring (bicyclic) bond motifs is 1. The normalized spacial score (nSPS) is 19.3. The van der Waals surface area contributed by atoms with Crippen LogP contribution in [0, 0.1) is 6.07 Å². The minimum Gasteiger partial charge on any atom is -0.369 e. The summed E-state index contributed by atoms with van der Waals surface area (Å²) in [5.41, 5.74) is 10.2. The fraction of sp³-hybridized carbons (Fsp3) is 0.429. The van der Waals surface area contributed by atoms with Crippen molar-refractivity contribution < 1.29 is 18.0 Å². The molecule has 2 aromatic heterocycles. The van der Waals surface area contributed by atoms with Gasteiger partial charge in [0.25, 0.3) is 0 Å². The van der Waals surface area contributed by atoms with Gasteiger partial charge in [-0.05, 0) is 12.8 Å². The third-order valence-corrected chi connectivity index (χ3v) is 3.91. The number of primary amides is 1. The molecule has 123 valence electrons. The number of halogens is 3. The van der Waals surface area contributed by atoms with Gasteiger partial charge in [0.2, 0.25) is 0 Å². The van der Waals surface area contributed by atoms with Gasteiger partial charge in [-0.15, -0.1) is 0 Å². The Kier molecular flexibility index (Phi) is 3.67. The van der Waals surface area contributed by atoms with Crippen LogP contribution < -0.4 is 16.4 Å². The first-order valence-corrected chi connectivity index (χ1v) is 7.08. The number of alkyl halides is 3. The molecule has 0 saturated carbocycles. The summed E-state index contributed by atoms with van der Waals surface area (Å²) in [5, 5.41) is 0.118. The van der Waals surface area contributed by atoms with E-state index >= 15 is 0 Å². The van der Waals surface area contributed by atoms with Crippen LogP contribution in [0.5, 0.6) is 0 Å². The number of nitrogens with zero attached hydrogens (tertiary/aromatic N) is 3. The summed E-state index contributed by atoms with van der Waals surface area (Å²) < 4.78 is 41.1. The molecule has 1 amide bonds. The number of nitrogens with two attached hydrogens (primary N) is 2. The summed E-state index contributed by atoms with van der Waals surface area (Å²) in [7, 11) is 0. The number of rotatable bonds is 1. The van der Waals surface area contributed by atoms with Crippen LogP contribution in [-0.4, -0.2) is 34.7 Å². The van der Waals surface area contributed by atoms with E-state index in [1.807, 2.05) is 0 Å². The summed E-state index contributed by atoms with van der Waals surface area (Å²) in [5.74, 6) is 0. The van der Waals surface area contributed by atoms with E-state index in [0.29, 0.717) is 19.5 Å². The van der Waals surface area contributed by atoms with Gasteiger partial charge in [0, 0.05) is 37.6 Å². The van der Waals surface area contributed by atoms with Crippen LogP contribution in [0.1, 0.15) is 18.4 Å². The van der Waals surface area contributed by atoms with Crippen molar-refractivity contribution in [3.63, 3.8) is 0 Å². The van der Waals surface area contributed by atoms with Crippen molar-refractivity contribution in [1.82, 2.24) is 9.55 Å². The van der Waals surface area contributed by atoms with Gasteiger partial charge in [0.15, 0.2) is 5.65 Å². The molecule has 23 heavy (non-hydrogen) atoms. The zero-order valence-electron chi connectivity index (χ0n) is 12.1. The molecular weight excluding hydrogens is 311 g/mol. The fourth-order valence-electron chi connectivity index (χ4n) is 2.91. The Bertz CT molecular complexity index is 755. The van der Waals surface area contributed by atoms with Crippen LogP contribution in [0.15, 0.2) is 12.4 Å². The summed E-state index contributed by atoms with van der Waals surface area (Å²) in [6, 6.07) is 1.65. The molecule has 9 heteroatoms. The van der Waals surface area contributed by atoms with E-state index in [1.165, 1.54) is 6.20 Å². The molecule has 1 fully saturated rings. The fourth-order valence-corrected chi connectivity index (χ4v) is 2.91. The molecule has 6 nitrogen and oxygen atoms in total. The molecule has 0 aliphatic carbocycles. The van der Waals surface area contributed by atoms with Crippen molar-refractivity contribution in [2.24, 2.45) is 11.5 Å². The summed E-state index contributed by atoms with van der Waals surface area (Å²) in [4.78, 5) is 16.7. The molecule has 1 aliphatic heterocycles.